The standard InChI is InChI=1S/C21H22N4O4/c1-2-29-20-9-6-15(14-22)12-18(20)23-21(26)17-13-16(25(27)28)7-8-19(17)24-10-4-3-5-11-24/h6-9,12-13H,2-5,10-11H2,1H3,(H,23,26). The lowest BCUT2D eigenvalue weighted by Crippen LogP contribution is -2.31. The fraction of sp³-hybridized carbons (Fsp3) is 0.333. The molecule has 150 valence electrons. The highest BCUT2D eigenvalue weighted by Crippen LogP contribution is 2.31. The normalized spacial score (nSPS) is 13.4. The van der Waals surface area contributed by atoms with Crippen molar-refractivity contribution < 1.29 is 14.5 Å². The molecule has 1 fully saturated rings. The summed E-state index contributed by atoms with van der Waals surface area (Å²) in [5.74, 6) is -0.0462. The molecule has 1 N–H and O–H groups in total. The monoisotopic (exact) mass is 394 g/mol. The van der Waals surface area contributed by atoms with Crippen molar-refractivity contribution in [1.29, 1.82) is 5.26 Å². The van der Waals surface area contributed by atoms with Crippen molar-refractivity contribution in [2.45, 2.75) is 26.2 Å². The van der Waals surface area contributed by atoms with Crippen LogP contribution in [-0.4, -0.2) is 30.5 Å². The van der Waals surface area contributed by atoms with E-state index in [0.717, 1.165) is 32.4 Å². The maximum absolute atomic E-state index is 13.1. The van der Waals surface area contributed by atoms with E-state index in [4.69, 9.17) is 10.00 Å². The smallest absolute Gasteiger partial charge is 0.270 e. The Balaban J connectivity index is 1.98. The number of hydrogen-bond acceptors (Lipinski definition) is 6. The number of anilines is 2. The minimum atomic E-state index is -0.515. The van der Waals surface area contributed by atoms with Gasteiger partial charge in [0.05, 0.1) is 40.1 Å². The Bertz CT molecular complexity index is 962. The molecule has 0 radical (unpaired) electrons. The molecule has 1 aliphatic rings. The minimum Gasteiger partial charge on any atom is -0.492 e. The molecule has 0 unspecified atom stereocenters. The predicted molar refractivity (Wildman–Crippen MR) is 109 cm³/mol. The number of nitriles is 1. The summed E-state index contributed by atoms with van der Waals surface area (Å²) in [5, 5.41) is 23.2. The van der Waals surface area contributed by atoms with E-state index in [1.54, 1.807) is 18.2 Å². The Morgan fingerprint density at radius 3 is 2.66 bits per heavy atom. The number of non-ortho nitro benzene ring substituents is 1. The van der Waals surface area contributed by atoms with Crippen LogP contribution in [0.1, 0.15) is 42.1 Å². The Kier molecular flexibility index (Phi) is 6.29. The summed E-state index contributed by atoms with van der Waals surface area (Å²) in [6.07, 6.45) is 3.15. The predicted octanol–water partition coefficient (Wildman–Crippen LogP) is 4.11. The van der Waals surface area contributed by atoms with Crippen molar-refractivity contribution in [3.8, 4) is 11.8 Å². The molecule has 0 aromatic heterocycles. The maximum atomic E-state index is 13.1. The van der Waals surface area contributed by atoms with Crippen molar-refractivity contribution >= 4 is 23.0 Å². The zero-order valence-corrected chi connectivity index (χ0v) is 16.2. The number of ether oxygens (including phenoxy) is 1. The van der Waals surface area contributed by atoms with E-state index >= 15 is 0 Å². The molecule has 1 aliphatic heterocycles. The van der Waals surface area contributed by atoms with Crippen molar-refractivity contribution in [2.75, 3.05) is 29.9 Å². The highest BCUT2D eigenvalue weighted by molar-refractivity contribution is 6.09. The molecule has 1 heterocycles. The number of nitrogens with one attached hydrogen (secondary N) is 1. The van der Waals surface area contributed by atoms with Crippen LogP contribution in [0, 0.1) is 21.4 Å². The van der Waals surface area contributed by atoms with Crippen LogP contribution in [0.4, 0.5) is 17.1 Å². The number of carbonyl (C=O) groups excluding carboxylic acids is 1. The number of nitro groups is 1. The maximum Gasteiger partial charge on any atom is 0.270 e. The topological polar surface area (TPSA) is 108 Å². The van der Waals surface area contributed by atoms with Crippen LogP contribution in [0.25, 0.3) is 0 Å². The second-order valence-corrected chi connectivity index (χ2v) is 6.72. The Morgan fingerprint density at radius 2 is 2.00 bits per heavy atom. The number of carbonyl (C=O) groups is 1. The first kappa shape index (κ1) is 20.1. The number of rotatable bonds is 6. The lowest BCUT2D eigenvalue weighted by molar-refractivity contribution is -0.384. The molecule has 1 amide bonds. The largest absolute Gasteiger partial charge is 0.492 e. The zero-order chi connectivity index (χ0) is 20.8. The third-order valence-electron chi connectivity index (χ3n) is 4.79. The van der Waals surface area contributed by atoms with Gasteiger partial charge in [-0.3, -0.25) is 14.9 Å². The summed E-state index contributed by atoms with van der Waals surface area (Å²) in [6.45, 7) is 3.81. The molecule has 0 saturated carbocycles. The van der Waals surface area contributed by atoms with Gasteiger partial charge in [-0.1, -0.05) is 0 Å². The number of piperidine rings is 1. The average molecular weight is 394 g/mol. The number of hydrogen-bond donors (Lipinski definition) is 1. The molecule has 3 rings (SSSR count). The summed E-state index contributed by atoms with van der Waals surface area (Å²) in [7, 11) is 0. The number of nitrogens with zero attached hydrogens (tertiary/aromatic N) is 3. The molecule has 0 atom stereocenters. The first-order chi connectivity index (χ1) is 14.0. The van der Waals surface area contributed by atoms with Gasteiger partial charge in [-0.15, -0.1) is 0 Å². The summed E-state index contributed by atoms with van der Waals surface area (Å²) in [6, 6.07) is 11.1. The number of nitro benzene ring substituents is 1. The van der Waals surface area contributed by atoms with Crippen LogP contribution < -0.4 is 15.0 Å². The highest BCUT2D eigenvalue weighted by atomic mass is 16.6. The molecule has 8 heteroatoms. The Hall–Kier alpha value is -3.60. The molecule has 1 saturated heterocycles. The van der Waals surface area contributed by atoms with Crippen molar-refractivity contribution in [1.82, 2.24) is 0 Å². The van der Waals surface area contributed by atoms with Crippen molar-refractivity contribution in [3.05, 3.63) is 57.6 Å². The minimum absolute atomic E-state index is 0.147. The SMILES string of the molecule is CCOc1ccc(C#N)cc1NC(=O)c1cc([N+](=O)[O-])ccc1N1CCCCC1. The molecule has 2 aromatic rings. The quantitative estimate of drug-likeness (QED) is 0.583. The Morgan fingerprint density at radius 1 is 1.24 bits per heavy atom. The van der Waals surface area contributed by atoms with Crippen molar-refractivity contribution in [2.24, 2.45) is 0 Å². The molecule has 0 bridgehead atoms. The van der Waals surface area contributed by atoms with E-state index in [2.05, 4.69) is 10.2 Å². The summed E-state index contributed by atoms with van der Waals surface area (Å²) < 4.78 is 5.54. The van der Waals surface area contributed by atoms with Gasteiger partial charge in [0.15, 0.2) is 0 Å². The van der Waals surface area contributed by atoms with E-state index in [9.17, 15) is 14.9 Å². The second kappa shape index (κ2) is 9.06. The van der Waals surface area contributed by atoms with Gasteiger partial charge in [0, 0.05) is 25.2 Å². The van der Waals surface area contributed by atoms with Gasteiger partial charge in [-0.05, 0) is 50.5 Å². The summed E-state index contributed by atoms with van der Waals surface area (Å²) in [5.41, 5.74) is 1.48. The first-order valence-electron chi connectivity index (χ1n) is 9.55. The van der Waals surface area contributed by atoms with Crippen LogP contribution in [0.2, 0.25) is 0 Å². The molecular weight excluding hydrogens is 372 g/mol. The molecule has 8 nitrogen and oxygen atoms in total. The molecular formula is C21H22N4O4. The van der Waals surface area contributed by atoms with Crippen LogP contribution in [0.3, 0.4) is 0 Å². The van der Waals surface area contributed by atoms with E-state index in [1.807, 2.05) is 13.0 Å². The molecule has 29 heavy (non-hydrogen) atoms. The first-order valence-corrected chi connectivity index (χ1v) is 9.55. The number of amides is 1. The highest BCUT2D eigenvalue weighted by Gasteiger charge is 2.22. The lowest BCUT2D eigenvalue weighted by Gasteiger charge is -2.30. The van der Waals surface area contributed by atoms with Crippen molar-refractivity contribution in [3.63, 3.8) is 0 Å². The third-order valence-corrected chi connectivity index (χ3v) is 4.79. The van der Waals surface area contributed by atoms with E-state index in [1.165, 1.54) is 18.2 Å². The van der Waals surface area contributed by atoms with Gasteiger partial charge in [0.2, 0.25) is 0 Å². The van der Waals surface area contributed by atoms with Crippen LogP contribution >= 0.6 is 0 Å². The fourth-order valence-corrected chi connectivity index (χ4v) is 3.40. The van der Waals surface area contributed by atoms with Gasteiger partial charge in [0.25, 0.3) is 11.6 Å². The second-order valence-electron chi connectivity index (χ2n) is 6.72. The average Bonchev–Trinajstić information content (AvgIpc) is 2.75. The zero-order valence-electron chi connectivity index (χ0n) is 16.2. The summed E-state index contributed by atoms with van der Waals surface area (Å²) in [4.78, 5) is 25.9. The lowest BCUT2D eigenvalue weighted by atomic mass is 10.1. The van der Waals surface area contributed by atoms with Gasteiger partial charge in [-0.2, -0.15) is 5.26 Å². The van der Waals surface area contributed by atoms with Crippen LogP contribution in [0.5, 0.6) is 5.75 Å². The van der Waals surface area contributed by atoms with Crippen LogP contribution in [0.15, 0.2) is 36.4 Å². The van der Waals surface area contributed by atoms with E-state index in [0.29, 0.717) is 29.3 Å². The van der Waals surface area contributed by atoms with Gasteiger partial charge >= 0.3 is 0 Å². The molecule has 0 spiro atoms. The van der Waals surface area contributed by atoms with Gasteiger partial charge in [-0.25, -0.2) is 0 Å². The number of benzene rings is 2. The van der Waals surface area contributed by atoms with Gasteiger partial charge in [0.1, 0.15) is 5.75 Å². The third kappa shape index (κ3) is 4.63. The molecule has 2 aromatic carbocycles. The molecule has 0 aliphatic carbocycles. The van der Waals surface area contributed by atoms with E-state index < -0.39 is 10.8 Å². The van der Waals surface area contributed by atoms with Crippen LogP contribution in [-0.2, 0) is 0 Å². The van der Waals surface area contributed by atoms with E-state index in [-0.39, 0.29) is 11.3 Å². The van der Waals surface area contributed by atoms with Gasteiger partial charge < -0.3 is 15.0 Å². The fourth-order valence-electron chi connectivity index (χ4n) is 3.40. The summed E-state index contributed by atoms with van der Waals surface area (Å²) >= 11 is 0. The Labute approximate surface area is 168 Å².